The Kier molecular flexibility index (Phi) is 4.30. The molecular weight excluding hydrogens is 401 g/mol. The molecule has 0 aliphatic carbocycles. The highest BCUT2D eigenvalue weighted by Gasteiger charge is 2.39. The molecular formula is C19H15F3N6O2. The van der Waals surface area contributed by atoms with E-state index in [4.69, 9.17) is 4.42 Å². The number of carbonyl (C=O) groups excluding carboxylic acids is 1. The molecule has 4 heterocycles. The van der Waals surface area contributed by atoms with Crippen molar-refractivity contribution in [3.05, 3.63) is 65.6 Å². The van der Waals surface area contributed by atoms with Crippen molar-refractivity contribution in [3.8, 4) is 0 Å². The summed E-state index contributed by atoms with van der Waals surface area (Å²) in [7, 11) is 0. The summed E-state index contributed by atoms with van der Waals surface area (Å²) in [4.78, 5) is 26.3. The lowest BCUT2D eigenvalue weighted by Crippen LogP contribution is -2.42. The molecule has 1 N–H and O–H groups in total. The van der Waals surface area contributed by atoms with Crippen molar-refractivity contribution in [2.24, 2.45) is 0 Å². The van der Waals surface area contributed by atoms with Gasteiger partial charge in [0.05, 0.1) is 12.0 Å². The van der Waals surface area contributed by atoms with E-state index in [1.807, 2.05) is 0 Å². The van der Waals surface area contributed by atoms with Crippen LogP contribution in [0.3, 0.4) is 0 Å². The summed E-state index contributed by atoms with van der Waals surface area (Å²) in [5, 5.41) is 3.83. The van der Waals surface area contributed by atoms with Crippen LogP contribution in [0, 0.1) is 5.82 Å². The minimum Gasteiger partial charge on any atom is -0.438 e. The number of amides is 1. The van der Waals surface area contributed by atoms with Crippen LogP contribution < -0.4 is 0 Å². The van der Waals surface area contributed by atoms with Crippen LogP contribution in [0.15, 0.2) is 41.2 Å². The smallest absolute Gasteiger partial charge is 0.273 e. The lowest BCUT2D eigenvalue weighted by Gasteiger charge is -2.33. The zero-order valence-corrected chi connectivity index (χ0v) is 15.4. The fourth-order valence-electron chi connectivity index (χ4n) is 3.73. The Morgan fingerprint density at radius 3 is 3.00 bits per heavy atom. The second-order valence-electron chi connectivity index (χ2n) is 6.85. The maximum absolute atomic E-state index is 14.1. The fraction of sp³-hybridized carbons (Fsp3) is 0.263. The number of alkyl halides is 2. The third kappa shape index (κ3) is 2.93. The number of carbonyl (C=O) groups is 1. The highest BCUT2D eigenvalue weighted by molar-refractivity contribution is 5.93. The average molecular weight is 416 g/mol. The lowest BCUT2D eigenvalue weighted by molar-refractivity contribution is 0.0643. The Labute approximate surface area is 167 Å². The second-order valence-corrected chi connectivity index (χ2v) is 6.85. The first-order valence-electron chi connectivity index (χ1n) is 9.21. The summed E-state index contributed by atoms with van der Waals surface area (Å²) in [5.74, 6) is -0.973. The highest BCUT2D eigenvalue weighted by atomic mass is 19.3. The van der Waals surface area contributed by atoms with Crippen LogP contribution in [0.1, 0.15) is 33.8 Å². The molecule has 0 radical (unpaired) electrons. The van der Waals surface area contributed by atoms with Crippen molar-refractivity contribution >= 4 is 17.0 Å². The van der Waals surface area contributed by atoms with Gasteiger partial charge in [0.2, 0.25) is 5.89 Å². The van der Waals surface area contributed by atoms with Crippen LogP contribution >= 0.6 is 0 Å². The summed E-state index contributed by atoms with van der Waals surface area (Å²) in [5.41, 5.74) is 1.61. The Morgan fingerprint density at radius 2 is 2.20 bits per heavy atom. The Morgan fingerprint density at radius 1 is 1.33 bits per heavy atom. The number of rotatable bonds is 4. The number of nitrogens with zero attached hydrogens (tertiary/aromatic N) is 5. The van der Waals surface area contributed by atoms with Crippen molar-refractivity contribution in [1.82, 2.24) is 29.6 Å². The van der Waals surface area contributed by atoms with Crippen LogP contribution in [0.2, 0.25) is 0 Å². The van der Waals surface area contributed by atoms with Crippen LogP contribution in [0.4, 0.5) is 13.2 Å². The number of oxazole rings is 1. The predicted octanol–water partition coefficient (Wildman–Crippen LogP) is 2.94. The number of hydrogen-bond donors (Lipinski definition) is 1. The minimum atomic E-state index is -2.66. The lowest BCUT2D eigenvalue weighted by atomic mass is 10.0. The molecule has 1 aliphatic heterocycles. The third-order valence-corrected chi connectivity index (χ3v) is 5.05. The van der Waals surface area contributed by atoms with E-state index in [-0.39, 0.29) is 29.2 Å². The zero-order chi connectivity index (χ0) is 20.8. The van der Waals surface area contributed by atoms with E-state index in [9.17, 15) is 18.0 Å². The summed E-state index contributed by atoms with van der Waals surface area (Å²) in [6.07, 6.45) is 0.612. The molecule has 1 amide bonds. The number of nitrogens with one attached hydrogen (secondary N) is 1. The molecule has 0 bridgehead atoms. The quantitative estimate of drug-likeness (QED) is 0.552. The number of fused-ring (bicyclic) bond motifs is 2. The van der Waals surface area contributed by atoms with Crippen LogP contribution in [-0.2, 0) is 13.0 Å². The molecule has 1 aliphatic rings. The monoisotopic (exact) mass is 416 g/mol. The van der Waals surface area contributed by atoms with Gasteiger partial charge in [-0.3, -0.25) is 9.48 Å². The number of imidazole rings is 1. The first-order chi connectivity index (χ1) is 14.5. The van der Waals surface area contributed by atoms with Gasteiger partial charge < -0.3 is 14.3 Å². The van der Waals surface area contributed by atoms with Crippen LogP contribution in [0.5, 0.6) is 0 Å². The first-order valence-corrected chi connectivity index (χ1v) is 9.21. The van der Waals surface area contributed by atoms with Gasteiger partial charge in [-0.15, -0.1) is 0 Å². The molecule has 11 heteroatoms. The van der Waals surface area contributed by atoms with Crippen LogP contribution in [-0.4, -0.2) is 48.5 Å². The van der Waals surface area contributed by atoms with Crippen molar-refractivity contribution in [2.45, 2.75) is 25.4 Å². The first kappa shape index (κ1) is 18.4. The van der Waals surface area contributed by atoms with E-state index >= 15 is 0 Å². The Balaban J connectivity index is 1.60. The molecule has 30 heavy (non-hydrogen) atoms. The van der Waals surface area contributed by atoms with E-state index in [1.165, 1.54) is 35.6 Å². The summed E-state index contributed by atoms with van der Waals surface area (Å²) in [6.45, 7) is -0.436. The largest absolute Gasteiger partial charge is 0.438 e. The van der Waals surface area contributed by atoms with Gasteiger partial charge in [-0.2, -0.15) is 5.10 Å². The van der Waals surface area contributed by atoms with E-state index in [0.717, 1.165) is 10.4 Å². The molecule has 8 nitrogen and oxygen atoms in total. The molecule has 3 aromatic heterocycles. The topological polar surface area (TPSA) is 92.8 Å². The predicted molar refractivity (Wildman–Crippen MR) is 97.4 cm³/mol. The minimum absolute atomic E-state index is 0.0153. The molecule has 5 rings (SSSR count). The van der Waals surface area contributed by atoms with E-state index in [2.05, 4.69) is 20.1 Å². The number of hydrogen-bond acceptors (Lipinski definition) is 5. The molecule has 154 valence electrons. The van der Waals surface area contributed by atoms with Crippen molar-refractivity contribution < 1.29 is 22.4 Å². The van der Waals surface area contributed by atoms with E-state index < -0.39 is 30.7 Å². The number of aromatic nitrogens is 5. The SMILES string of the molecule is O=C(c1ccnn1CC(F)F)N1CCc2[nH]cnc2[C@H]1c1nc2c(F)cccc2o1. The molecule has 1 aromatic carbocycles. The molecule has 0 saturated carbocycles. The van der Waals surface area contributed by atoms with Gasteiger partial charge in [-0.1, -0.05) is 6.07 Å². The highest BCUT2D eigenvalue weighted by Crippen LogP contribution is 2.35. The summed E-state index contributed by atoms with van der Waals surface area (Å²) >= 11 is 0. The van der Waals surface area contributed by atoms with E-state index in [0.29, 0.717) is 12.1 Å². The summed E-state index contributed by atoms with van der Waals surface area (Å²) in [6, 6.07) is 4.88. The van der Waals surface area contributed by atoms with Crippen molar-refractivity contribution in [2.75, 3.05) is 6.54 Å². The van der Waals surface area contributed by atoms with Gasteiger partial charge in [-0.25, -0.2) is 23.1 Å². The second kappa shape index (κ2) is 7.01. The van der Waals surface area contributed by atoms with Gasteiger partial charge in [-0.05, 0) is 18.2 Å². The fourth-order valence-corrected chi connectivity index (χ4v) is 3.73. The number of aromatic amines is 1. The normalized spacial score (nSPS) is 16.4. The molecule has 0 spiro atoms. The van der Waals surface area contributed by atoms with E-state index in [1.54, 1.807) is 6.07 Å². The molecule has 0 unspecified atom stereocenters. The van der Waals surface area contributed by atoms with Gasteiger partial charge >= 0.3 is 0 Å². The number of H-pyrrole nitrogens is 1. The number of para-hydroxylation sites is 1. The molecule has 0 fully saturated rings. The maximum Gasteiger partial charge on any atom is 0.273 e. The molecule has 1 atom stereocenters. The van der Waals surface area contributed by atoms with Gasteiger partial charge in [0.15, 0.2) is 17.4 Å². The maximum atomic E-state index is 14.1. The van der Waals surface area contributed by atoms with Gasteiger partial charge in [0, 0.05) is 24.9 Å². The Bertz CT molecular complexity index is 1230. The third-order valence-electron chi connectivity index (χ3n) is 5.05. The van der Waals surface area contributed by atoms with Gasteiger partial charge in [0.1, 0.15) is 17.8 Å². The van der Waals surface area contributed by atoms with Crippen LogP contribution in [0.25, 0.3) is 11.1 Å². The summed E-state index contributed by atoms with van der Waals surface area (Å²) < 4.78 is 46.6. The zero-order valence-electron chi connectivity index (χ0n) is 15.4. The Hall–Kier alpha value is -3.63. The van der Waals surface area contributed by atoms with Gasteiger partial charge in [0.25, 0.3) is 12.3 Å². The number of benzene rings is 1. The standard InChI is InChI=1S/C19H15F3N6O2/c20-10-2-1-3-13-15(10)26-18(30-13)17-16-11(23-9-24-16)5-7-27(17)19(29)12-4-6-25-28(12)8-14(21)22/h1-4,6,9,14,17H,5,7-8H2,(H,23,24)/t17-/m0/s1. The van der Waals surface area contributed by atoms with Crippen molar-refractivity contribution in [3.63, 3.8) is 0 Å². The molecule has 4 aromatic rings. The van der Waals surface area contributed by atoms with Crippen molar-refractivity contribution in [1.29, 1.82) is 0 Å². The number of halogens is 3. The average Bonchev–Trinajstić information content (AvgIpc) is 3.45. The molecule has 0 saturated heterocycles.